The van der Waals surface area contributed by atoms with Gasteiger partial charge in [0.15, 0.2) is 0 Å². The molecule has 1 amide bonds. The fraction of sp³-hybridized carbons (Fsp3) is 0.706. The van der Waals surface area contributed by atoms with Crippen molar-refractivity contribution in [1.29, 1.82) is 0 Å². The van der Waals surface area contributed by atoms with Crippen LogP contribution >= 0.6 is 11.3 Å². The van der Waals surface area contributed by atoms with Crippen molar-refractivity contribution in [2.45, 2.75) is 52.1 Å². The van der Waals surface area contributed by atoms with E-state index in [4.69, 9.17) is 0 Å². The standard InChI is InChI=1S/C17H26N2OS/c1-12-4-3-5-13(2)17(12)18-16(20)11-19-8-6-15-14(10-19)7-9-21-15/h7,9,12-13,17H,3-6,8,10-11H2,1-2H3,(H,18,20). The summed E-state index contributed by atoms with van der Waals surface area (Å²) in [5, 5.41) is 5.47. The third-order valence-electron chi connectivity index (χ3n) is 5.13. The van der Waals surface area contributed by atoms with E-state index in [9.17, 15) is 4.79 Å². The molecular formula is C17H26N2OS. The Morgan fingerprint density at radius 2 is 2.14 bits per heavy atom. The molecule has 3 rings (SSSR count). The minimum Gasteiger partial charge on any atom is -0.352 e. The molecule has 1 aliphatic heterocycles. The Kier molecular flexibility index (Phi) is 4.65. The van der Waals surface area contributed by atoms with Crippen molar-refractivity contribution >= 4 is 17.2 Å². The molecule has 2 aliphatic rings. The maximum Gasteiger partial charge on any atom is 0.234 e. The Hall–Kier alpha value is -0.870. The second-order valence-electron chi connectivity index (χ2n) is 6.81. The van der Waals surface area contributed by atoms with Crippen LogP contribution in [0.15, 0.2) is 11.4 Å². The van der Waals surface area contributed by atoms with Gasteiger partial charge in [-0.2, -0.15) is 0 Å². The van der Waals surface area contributed by atoms with E-state index in [1.807, 2.05) is 11.3 Å². The number of hydrogen-bond donors (Lipinski definition) is 1. The summed E-state index contributed by atoms with van der Waals surface area (Å²) in [4.78, 5) is 16.2. The molecule has 0 saturated heterocycles. The van der Waals surface area contributed by atoms with Crippen LogP contribution in [0.1, 0.15) is 43.6 Å². The largest absolute Gasteiger partial charge is 0.352 e. The lowest BCUT2D eigenvalue weighted by molar-refractivity contribution is -0.124. The highest BCUT2D eigenvalue weighted by Crippen LogP contribution is 2.29. The van der Waals surface area contributed by atoms with Crippen molar-refractivity contribution in [3.05, 3.63) is 21.9 Å². The SMILES string of the molecule is CC1CCCC(C)C1NC(=O)CN1CCc2sccc2C1. The van der Waals surface area contributed by atoms with E-state index in [1.165, 1.54) is 29.7 Å². The number of carbonyl (C=O) groups is 1. The van der Waals surface area contributed by atoms with Crippen LogP contribution in [0.25, 0.3) is 0 Å². The highest BCUT2D eigenvalue weighted by atomic mass is 32.1. The molecular weight excluding hydrogens is 280 g/mol. The predicted molar refractivity (Wildman–Crippen MR) is 87.4 cm³/mol. The van der Waals surface area contributed by atoms with Gasteiger partial charge in [0.1, 0.15) is 0 Å². The third kappa shape index (κ3) is 3.49. The van der Waals surface area contributed by atoms with Crippen LogP contribution in [0.2, 0.25) is 0 Å². The Labute approximate surface area is 131 Å². The summed E-state index contributed by atoms with van der Waals surface area (Å²) < 4.78 is 0. The molecule has 21 heavy (non-hydrogen) atoms. The molecule has 1 aromatic heterocycles. The van der Waals surface area contributed by atoms with Crippen molar-refractivity contribution in [2.75, 3.05) is 13.1 Å². The molecule has 3 nitrogen and oxygen atoms in total. The van der Waals surface area contributed by atoms with E-state index in [2.05, 4.69) is 35.5 Å². The van der Waals surface area contributed by atoms with Crippen molar-refractivity contribution in [3.63, 3.8) is 0 Å². The lowest BCUT2D eigenvalue weighted by atomic mass is 9.79. The zero-order valence-corrected chi connectivity index (χ0v) is 13.9. The molecule has 2 atom stereocenters. The second-order valence-corrected chi connectivity index (χ2v) is 7.81. The van der Waals surface area contributed by atoms with Gasteiger partial charge in [0, 0.05) is 24.0 Å². The smallest absolute Gasteiger partial charge is 0.234 e. The Morgan fingerprint density at radius 3 is 2.90 bits per heavy atom. The quantitative estimate of drug-likeness (QED) is 0.931. The number of fused-ring (bicyclic) bond motifs is 1. The zero-order valence-electron chi connectivity index (χ0n) is 13.1. The van der Waals surface area contributed by atoms with E-state index in [1.54, 1.807) is 0 Å². The van der Waals surface area contributed by atoms with Gasteiger partial charge in [-0.25, -0.2) is 0 Å². The molecule has 1 aromatic rings. The van der Waals surface area contributed by atoms with Crippen molar-refractivity contribution in [3.8, 4) is 0 Å². The molecule has 1 fully saturated rings. The Morgan fingerprint density at radius 1 is 1.38 bits per heavy atom. The summed E-state index contributed by atoms with van der Waals surface area (Å²) >= 11 is 1.85. The molecule has 0 bridgehead atoms. The first-order valence-electron chi connectivity index (χ1n) is 8.20. The first kappa shape index (κ1) is 15.0. The molecule has 2 unspecified atom stereocenters. The highest BCUT2D eigenvalue weighted by molar-refractivity contribution is 7.10. The highest BCUT2D eigenvalue weighted by Gasteiger charge is 2.29. The average Bonchev–Trinajstić information content (AvgIpc) is 2.90. The van der Waals surface area contributed by atoms with Crippen LogP contribution in [-0.4, -0.2) is 29.9 Å². The summed E-state index contributed by atoms with van der Waals surface area (Å²) in [6, 6.07) is 2.57. The Bertz CT molecular complexity index is 489. The summed E-state index contributed by atoms with van der Waals surface area (Å²) in [5.41, 5.74) is 1.42. The van der Waals surface area contributed by atoms with Crippen LogP contribution in [0.4, 0.5) is 0 Å². The van der Waals surface area contributed by atoms with E-state index >= 15 is 0 Å². The molecule has 1 N–H and O–H groups in total. The van der Waals surface area contributed by atoms with Crippen molar-refractivity contribution in [2.24, 2.45) is 11.8 Å². The Balaban J connectivity index is 1.52. The van der Waals surface area contributed by atoms with E-state index < -0.39 is 0 Å². The number of amides is 1. The van der Waals surface area contributed by atoms with Crippen LogP contribution in [0.5, 0.6) is 0 Å². The van der Waals surface area contributed by atoms with Gasteiger partial charge in [-0.3, -0.25) is 9.69 Å². The number of nitrogens with zero attached hydrogens (tertiary/aromatic N) is 1. The van der Waals surface area contributed by atoms with Crippen LogP contribution < -0.4 is 5.32 Å². The summed E-state index contributed by atoms with van der Waals surface area (Å²) in [5.74, 6) is 1.43. The molecule has 2 heterocycles. The monoisotopic (exact) mass is 306 g/mol. The number of hydrogen-bond acceptors (Lipinski definition) is 3. The first-order chi connectivity index (χ1) is 10.1. The second kappa shape index (κ2) is 6.49. The molecule has 116 valence electrons. The van der Waals surface area contributed by atoms with Crippen LogP contribution in [-0.2, 0) is 17.8 Å². The minimum absolute atomic E-state index is 0.208. The molecule has 0 aromatic carbocycles. The van der Waals surface area contributed by atoms with Crippen LogP contribution in [0, 0.1) is 11.8 Å². The summed E-state index contributed by atoms with van der Waals surface area (Å²) in [6.45, 7) is 7.04. The van der Waals surface area contributed by atoms with Gasteiger partial charge >= 0.3 is 0 Å². The maximum atomic E-state index is 12.4. The average molecular weight is 306 g/mol. The van der Waals surface area contributed by atoms with Gasteiger partial charge in [-0.15, -0.1) is 11.3 Å². The van der Waals surface area contributed by atoms with E-state index in [0.29, 0.717) is 24.4 Å². The minimum atomic E-state index is 0.208. The summed E-state index contributed by atoms with van der Waals surface area (Å²) in [6.07, 6.45) is 4.90. The molecule has 1 aliphatic carbocycles. The van der Waals surface area contributed by atoms with Gasteiger partial charge in [0.25, 0.3) is 0 Å². The summed E-state index contributed by atoms with van der Waals surface area (Å²) in [7, 11) is 0. The molecule has 1 saturated carbocycles. The topological polar surface area (TPSA) is 32.3 Å². The van der Waals surface area contributed by atoms with E-state index in [0.717, 1.165) is 19.5 Å². The number of thiophene rings is 1. The fourth-order valence-electron chi connectivity index (χ4n) is 3.84. The third-order valence-corrected chi connectivity index (χ3v) is 6.15. The van der Waals surface area contributed by atoms with Gasteiger partial charge in [0.2, 0.25) is 5.91 Å². The first-order valence-corrected chi connectivity index (χ1v) is 9.08. The normalized spacial score (nSPS) is 29.9. The maximum absolute atomic E-state index is 12.4. The number of rotatable bonds is 3. The molecule has 4 heteroatoms. The van der Waals surface area contributed by atoms with Crippen molar-refractivity contribution in [1.82, 2.24) is 10.2 Å². The van der Waals surface area contributed by atoms with Crippen LogP contribution in [0.3, 0.4) is 0 Å². The lowest BCUT2D eigenvalue weighted by Gasteiger charge is -2.36. The molecule has 0 radical (unpaired) electrons. The lowest BCUT2D eigenvalue weighted by Crippen LogP contribution is -2.49. The van der Waals surface area contributed by atoms with E-state index in [-0.39, 0.29) is 5.91 Å². The van der Waals surface area contributed by atoms with Crippen molar-refractivity contribution < 1.29 is 4.79 Å². The zero-order chi connectivity index (χ0) is 14.8. The number of nitrogens with one attached hydrogen (secondary N) is 1. The van der Waals surface area contributed by atoms with Gasteiger partial charge in [0.05, 0.1) is 6.54 Å². The fourth-order valence-corrected chi connectivity index (χ4v) is 4.73. The predicted octanol–water partition coefficient (Wildman–Crippen LogP) is 3.05. The molecule has 0 spiro atoms. The number of carbonyl (C=O) groups excluding carboxylic acids is 1. The van der Waals surface area contributed by atoms with Gasteiger partial charge < -0.3 is 5.32 Å². The van der Waals surface area contributed by atoms with Gasteiger partial charge in [-0.1, -0.05) is 20.3 Å². The van der Waals surface area contributed by atoms with Gasteiger partial charge in [-0.05, 0) is 48.1 Å².